The molecule has 1 aliphatic heterocycles. The summed E-state index contributed by atoms with van der Waals surface area (Å²) in [5.41, 5.74) is 0.850. The lowest BCUT2D eigenvalue weighted by molar-refractivity contribution is -0.141. The number of nitrogens with one attached hydrogen (secondary N) is 1. The molecule has 0 saturated carbocycles. The van der Waals surface area contributed by atoms with Gasteiger partial charge in [0.05, 0.1) is 11.9 Å². The van der Waals surface area contributed by atoms with E-state index >= 15 is 0 Å². The molecule has 0 bridgehead atoms. The Bertz CT molecular complexity index is 991. The Morgan fingerprint density at radius 3 is 2.18 bits per heavy atom. The minimum absolute atomic E-state index is 0.0242. The van der Waals surface area contributed by atoms with Crippen LogP contribution < -0.4 is 5.32 Å². The molecule has 1 aliphatic rings. The van der Waals surface area contributed by atoms with Crippen molar-refractivity contribution in [1.82, 2.24) is 15.1 Å². The maximum atomic E-state index is 14.0. The summed E-state index contributed by atoms with van der Waals surface area (Å²) < 4.78 is 0. The average molecular weight is 544 g/mol. The molecule has 0 spiro atoms. The van der Waals surface area contributed by atoms with Gasteiger partial charge in [-0.3, -0.25) is 14.4 Å². The number of nitrogens with zero attached hydrogens (tertiary/aromatic N) is 2. The summed E-state index contributed by atoms with van der Waals surface area (Å²) in [4.78, 5) is 44.2. The van der Waals surface area contributed by atoms with E-state index in [1.165, 1.54) is 0 Å². The monoisotopic (exact) mass is 543 g/mol. The summed E-state index contributed by atoms with van der Waals surface area (Å²) in [5.74, 6) is 1.22. The molecule has 212 valence electrons. The summed E-state index contributed by atoms with van der Waals surface area (Å²) in [6, 6.07) is 9.09. The summed E-state index contributed by atoms with van der Waals surface area (Å²) in [6.07, 6.45) is 2.57. The van der Waals surface area contributed by atoms with Crippen LogP contribution in [0.2, 0.25) is 0 Å². The van der Waals surface area contributed by atoms with Crippen LogP contribution in [0.25, 0.3) is 0 Å². The van der Waals surface area contributed by atoms with Gasteiger partial charge in [0.15, 0.2) is 0 Å². The molecule has 1 aromatic rings. The van der Waals surface area contributed by atoms with E-state index in [-0.39, 0.29) is 35.6 Å². The Morgan fingerprint density at radius 2 is 1.71 bits per heavy atom. The lowest BCUT2D eigenvalue weighted by atomic mass is 9.71. The molecule has 1 aromatic carbocycles. The first kappa shape index (κ1) is 31.9. The largest absolute Gasteiger partial charge is 0.344 e. The van der Waals surface area contributed by atoms with E-state index in [4.69, 9.17) is 0 Å². The molecule has 0 aromatic heterocycles. The smallest absolute Gasteiger partial charge is 0.249 e. The van der Waals surface area contributed by atoms with Gasteiger partial charge in [0, 0.05) is 36.3 Å². The fraction of sp³-hybridized carbons (Fsp3) is 0.645. The fourth-order valence-electron chi connectivity index (χ4n) is 5.24. The Labute approximate surface area is 235 Å². The van der Waals surface area contributed by atoms with Crippen molar-refractivity contribution in [1.29, 1.82) is 0 Å². The molecule has 0 radical (unpaired) electrons. The highest BCUT2D eigenvalue weighted by atomic mass is 32.2. The third-order valence-electron chi connectivity index (χ3n) is 7.79. The first-order valence-electron chi connectivity index (χ1n) is 13.8. The van der Waals surface area contributed by atoms with Crippen molar-refractivity contribution in [2.75, 3.05) is 25.2 Å². The van der Waals surface area contributed by atoms with Crippen molar-refractivity contribution in [2.24, 2.45) is 17.3 Å². The number of hydrogen-bond acceptors (Lipinski definition) is 4. The molecule has 0 aliphatic carbocycles. The quantitative estimate of drug-likeness (QED) is 0.397. The number of thioether (sulfide) groups is 1. The number of carbonyl (C=O) groups is 3. The molecule has 7 heteroatoms. The van der Waals surface area contributed by atoms with E-state index in [2.05, 4.69) is 45.1 Å². The topological polar surface area (TPSA) is 69.7 Å². The molecule has 0 unspecified atom stereocenters. The molecule has 1 heterocycles. The third kappa shape index (κ3) is 7.64. The molecular weight excluding hydrogens is 494 g/mol. The van der Waals surface area contributed by atoms with E-state index in [0.717, 1.165) is 17.9 Å². The highest BCUT2D eigenvalue weighted by molar-refractivity contribution is 7.99. The predicted molar refractivity (Wildman–Crippen MR) is 159 cm³/mol. The molecule has 2 rings (SSSR count). The Balaban J connectivity index is 2.31. The van der Waals surface area contributed by atoms with Gasteiger partial charge < -0.3 is 15.1 Å². The Kier molecular flexibility index (Phi) is 11.1. The van der Waals surface area contributed by atoms with Gasteiger partial charge in [0.2, 0.25) is 17.7 Å². The normalized spacial score (nSPS) is 17.2. The SMILES string of the molecule is CC[C@H](C(=O)N[C@H](C(=O)N(C)[C@H](/C=C(\C)C(=O)N1CCSC1)C(C)C)C(C)(C)C)C(C)(C)c1ccccc1. The number of likely N-dealkylation sites (N-methyl/N-ethyl adjacent to an activating group) is 1. The minimum Gasteiger partial charge on any atom is -0.344 e. The van der Waals surface area contributed by atoms with Crippen LogP contribution in [0.5, 0.6) is 0 Å². The van der Waals surface area contributed by atoms with Gasteiger partial charge in [-0.15, -0.1) is 11.8 Å². The zero-order valence-electron chi connectivity index (χ0n) is 25.1. The molecule has 3 atom stereocenters. The van der Waals surface area contributed by atoms with Crippen molar-refractivity contribution < 1.29 is 14.4 Å². The Hall–Kier alpha value is -2.28. The summed E-state index contributed by atoms with van der Waals surface area (Å²) in [7, 11) is 1.78. The lowest BCUT2D eigenvalue weighted by Crippen LogP contribution is -2.58. The predicted octanol–water partition coefficient (Wildman–Crippen LogP) is 5.48. The summed E-state index contributed by atoms with van der Waals surface area (Å²) in [6.45, 7) is 18.8. The van der Waals surface area contributed by atoms with Crippen LogP contribution >= 0.6 is 11.8 Å². The van der Waals surface area contributed by atoms with Gasteiger partial charge in [-0.2, -0.15) is 0 Å². The molecule has 38 heavy (non-hydrogen) atoms. The second kappa shape index (κ2) is 13.2. The van der Waals surface area contributed by atoms with E-state index in [1.54, 1.807) is 23.7 Å². The van der Waals surface area contributed by atoms with Crippen LogP contribution in [0, 0.1) is 17.3 Å². The molecule has 3 amide bonds. The van der Waals surface area contributed by atoms with Crippen molar-refractivity contribution >= 4 is 29.5 Å². The zero-order valence-corrected chi connectivity index (χ0v) is 25.9. The number of carbonyl (C=O) groups excluding carboxylic acids is 3. The van der Waals surface area contributed by atoms with Crippen molar-refractivity contribution in [2.45, 2.75) is 86.2 Å². The molecule has 1 saturated heterocycles. The van der Waals surface area contributed by atoms with Crippen LogP contribution in [0.4, 0.5) is 0 Å². The summed E-state index contributed by atoms with van der Waals surface area (Å²) >= 11 is 1.75. The fourth-order valence-corrected chi connectivity index (χ4v) is 6.18. The van der Waals surface area contributed by atoms with Crippen molar-refractivity contribution in [3.63, 3.8) is 0 Å². The van der Waals surface area contributed by atoms with Crippen LogP contribution in [0.3, 0.4) is 0 Å². The summed E-state index contributed by atoms with van der Waals surface area (Å²) in [5, 5.41) is 3.15. The first-order chi connectivity index (χ1) is 17.6. The van der Waals surface area contributed by atoms with Crippen molar-refractivity contribution in [3.05, 3.63) is 47.5 Å². The highest BCUT2D eigenvalue weighted by Gasteiger charge is 2.41. The minimum atomic E-state index is -0.707. The molecule has 6 nitrogen and oxygen atoms in total. The van der Waals surface area contributed by atoms with Crippen LogP contribution in [0.15, 0.2) is 42.0 Å². The zero-order chi connectivity index (χ0) is 28.8. The second-order valence-corrected chi connectivity index (χ2v) is 13.6. The maximum absolute atomic E-state index is 14.0. The van der Waals surface area contributed by atoms with E-state index in [0.29, 0.717) is 17.9 Å². The van der Waals surface area contributed by atoms with Crippen LogP contribution in [-0.4, -0.2) is 64.8 Å². The van der Waals surface area contributed by atoms with Crippen molar-refractivity contribution in [3.8, 4) is 0 Å². The molecule has 1 N–H and O–H groups in total. The van der Waals surface area contributed by atoms with Gasteiger partial charge in [0.1, 0.15) is 6.04 Å². The van der Waals surface area contributed by atoms with Crippen LogP contribution in [-0.2, 0) is 19.8 Å². The van der Waals surface area contributed by atoms with Gasteiger partial charge in [-0.05, 0) is 30.2 Å². The maximum Gasteiger partial charge on any atom is 0.249 e. The van der Waals surface area contributed by atoms with E-state index in [9.17, 15) is 14.4 Å². The number of rotatable bonds is 10. The van der Waals surface area contributed by atoms with Gasteiger partial charge in [-0.25, -0.2) is 0 Å². The third-order valence-corrected chi connectivity index (χ3v) is 8.75. The first-order valence-corrected chi connectivity index (χ1v) is 15.0. The standard InChI is InChI=1S/C31H49N3O3S/c1-11-24(31(8,9)23-15-13-12-14-16-23)27(35)32-26(30(5,6)7)29(37)33(10)25(21(2)3)19-22(4)28(36)34-17-18-38-20-34/h12-16,19,21,24-26H,11,17-18,20H2,1-10H3,(H,32,35)/b22-19+/t24-,25-,26-/m1/s1. The highest BCUT2D eigenvalue weighted by Crippen LogP contribution is 2.35. The molecular formula is C31H49N3O3S. The van der Waals surface area contributed by atoms with Crippen LogP contribution in [0.1, 0.15) is 74.3 Å². The lowest BCUT2D eigenvalue weighted by Gasteiger charge is -2.40. The average Bonchev–Trinajstić information content (AvgIpc) is 3.39. The second-order valence-electron chi connectivity index (χ2n) is 12.5. The van der Waals surface area contributed by atoms with Gasteiger partial charge >= 0.3 is 0 Å². The Morgan fingerprint density at radius 1 is 1.11 bits per heavy atom. The van der Waals surface area contributed by atoms with E-state index < -0.39 is 16.9 Å². The van der Waals surface area contributed by atoms with Gasteiger partial charge in [-0.1, -0.05) is 91.8 Å². The van der Waals surface area contributed by atoms with Gasteiger partial charge in [0.25, 0.3) is 0 Å². The number of amides is 3. The molecule has 1 fully saturated rings. The number of hydrogen-bond donors (Lipinski definition) is 1. The number of benzene rings is 1. The van der Waals surface area contributed by atoms with E-state index in [1.807, 2.05) is 63.8 Å².